The first-order chi connectivity index (χ1) is 7.54. The lowest BCUT2D eigenvalue weighted by Gasteiger charge is -2.10. The van der Waals surface area contributed by atoms with Gasteiger partial charge in [-0.15, -0.1) is 0 Å². The van der Waals surface area contributed by atoms with E-state index in [4.69, 9.17) is 10.5 Å². The predicted molar refractivity (Wildman–Crippen MR) is 60.9 cm³/mol. The molecule has 5 nitrogen and oxygen atoms in total. The van der Waals surface area contributed by atoms with Gasteiger partial charge in [-0.3, -0.25) is 9.48 Å². The van der Waals surface area contributed by atoms with Crippen molar-refractivity contribution in [1.29, 1.82) is 0 Å². The Kier molecular flexibility index (Phi) is 4.49. The molecular weight excluding hydrogens is 206 g/mol. The van der Waals surface area contributed by atoms with Crippen molar-refractivity contribution in [3.8, 4) is 0 Å². The normalized spacial score (nSPS) is 12.8. The summed E-state index contributed by atoms with van der Waals surface area (Å²) in [4.78, 5) is 11.3. The van der Waals surface area contributed by atoms with Gasteiger partial charge in [-0.05, 0) is 18.4 Å². The van der Waals surface area contributed by atoms with Gasteiger partial charge >= 0.3 is 5.97 Å². The van der Waals surface area contributed by atoms with Crippen LogP contribution in [0.5, 0.6) is 0 Å². The van der Waals surface area contributed by atoms with Gasteiger partial charge in [0.1, 0.15) is 6.04 Å². The van der Waals surface area contributed by atoms with Crippen molar-refractivity contribution >= 4 is 5.97 Å². The van der Waals surface area contributed by atoms with E-state index in [2.05, 4.69) is 18.9 Å². The van der Waals surface area contributed by atoms with E-state index < -0.39 is 6.04 Å². The van der Waals surface area contributed by atoms with Gasteiger partial charge in [0.15, 0.2) is 0 Å². The minimum absolute atomic E-state index is 0.350. The molecule has 1 unspecified atom stereocenters. The van der Waals surface area contributed by atoms with Gasteiger partial charge in [-0.2, -0.15) is 5.10 Å². The average Bonchev–Trinajstić information content (AvgIpc) is 2.66. The zero-order valence-corrected chi connectivity index (χ0v) is 10.0. The molecule has 0 amide bonds. The number of esters is 1. The van der Waals surface area contributed by atoms with Crippen LogP contribution in [0.3, 0.4) is 0 Å². The monoisotopic (exact) mass is 225 g/mol. The SMILES string of the molecule is CCOC(=O)C(N)Cn1cc(C(C)C)cn1. The Morgan fingerprint density at radius 1 is 1.62 bits per heavy atom. The lowest BCUT2D eigenvalue weighted by Crippen LogP contribution is -2.36. The maximum Gasteiger partial charge on any atom is 0.324 e. The van der Waals surface area contributed by atoms with Crippen LogP contribution in [0.2, 0.25) is 0 Å². The molecule has 90 valence electrons. The van der Waals surface area contributed by atoms with Crippen LogP contribution >= 0.6 is 0 Å². The second-order valence-electron chi connectivity index (χ2n) is 4.01. The van der Waals surface area contributed by atoms with E-state index in [-0.39, 0.29) is 5.97 Å². The van der Waals surface area contributed by atoms with E-state index in [1.54, 1.807) is 17.8 Å². The molecule has 0 saturated heterocycles. The van der Waals surface area contributed by atoms with E-state index in [0.29, 0.717) is 19.1 Å². The number of aromatic nitrogens is 2. The summed E-state index contributed by atoms with van der Waals surface area (Å²) in [6, 6.07) is -0.653. The number of rotatable bonds is 5. The molecule has 0 spiro atoms. The highest BCUT2D eigenvalue weighted by Gasteiger charge is 2.15. The first-order valence-corrected chi connectivity index (χ1v) is 5.49. The Hall–Kier alpha value is -1.36. The Morgan fingerprint density at radius 2 is 2.31 bits per heavy atom. The summed E-state index contributed by atoms with van der Waals surface area (Å²) < 4.78 is 6.50. The highest BCUT2D eigenvalue weighted by Crippen LogP contribution is 2.12. The van der Waals surface area contributed by atoms with Crippen molar-refractivity contribution in [3.05, 3.63) is 18.0 Å². The summed E-state index contributed by atoms with van der Waals surface area (Å²) in [5.41, 5.74) is 6.82. The fourth-order valence-corrected chi connectivity index (χ4v) is 1.30. The highest BCUT2D eigenvalue weighted by atomic mass is 16.5. The molecule has 0 aromatic carbocycles. The molecule has 1 atom stereocenters. The molecule has 0 radical (unpaired) electrons. The molecule has 0 bridgehead atoms. The summed E-state index contributed by atoms with van der Waals surface area (Å²) in [6.07, 6.45) is 3.70. The van der Waals surface area contributed by atoms with Crippen LogP contribution in [0.1, 0.15) is 32.3 Å². The smallest absolute Gasteiger partial charge is 0.324 e. The molecule has 0 saturated carbocycles. The van der Waals surface area contributed by atoms with Gasteiger partial charge in [-0.25, -0.2) is 0 Å². The van der Waals surface area contributed by atoms with Crippen molar-refractivity contribution in [2.45, 2.75) is 39.3 Å². The molecule has 1 heterocycles. The third-order valence-corrected chi connectivity index (χ3v) is 2.29. The molecule has 16 heavy (non-hydrogen) atoms. The molecule has 0 aliphatic heterocycles. The first-order valence-electron chi connectivity index (χ1n) is 5.49. The topological polar surface area (TPSA) is 70.1 Å². The third-order valence-electron chi connectivity index (χ3n) is 2.29. The van der Waals surface area contributed by atoms with E-state index in [1.165, 1.54) is 0 Å². The standard InChI is InChI=1S/C11H19N3O2/c1-4-16-11(15)10(12)7-14-6-9(5-13-14)8(2)3/h5-6,8,10H,4,7,12H2,1-3H3. The predicted octanol–water partition coefficient (Wildman–Crippen LogP) is 0.897. The van der Waals surface area contributed by atoms with Crippen LogP contribution < -0.4 is 5.73 Å². The summed E-state index contributed by atoms with van der Waals surface area (Å²) in [5.74, 6) is 0.0386. The van der Waals surface area contributed by atoms with Gasteiger partial charge in [0, 0.05) is 6.20 Å². The molecule has 5 heteroatoms. The van der Waals surface area contributed by atoms with Crippen LogP contribution in [0.25, 0.3) is 0 Å². The molecular formula is C11H19N3O2. The lowest BCUT2D eigenvalue weighted by molar-refractivity contribution is -0.145. The van der Waals surface area contributed by atoms with Crippen LogP contribution in [-0.2, 0) is 16.1 Å². The van der Waals surface area contributed by atoms with E-state index in [9.17, 15) is 4.79 Å². The zero-order chi connectivity index (χ0) is 12.1. The number of ether oxygens (including phenoxy) is 1. The number of hydrogen-bond donors (Lipinski definition) is 1. The second kappa shape index (κ2) is 5.65. The van der Waals surface area contributed by atoms with Gasteiger partial charge < -0.3 is 10.5 Å². The van der Waals surface area contributed by atoms with Gasteiger partial charge in [0.05, 0.1) is 19.3 Å². The van der Waals surface area contributed by atoms with Crippen LogP contribution in [0.4, 0.5) is 0 Å². The highest BCUT2D eigenvalue weighted by molar-refractivity contribution is 5.75. The molecule has 1 rings (SSSR count). The van der Waals surface area contributed by atoms with Crippen molar-refractivity contribution < 1.29 is 9.53 Å². The van der Waals surface area contributed by atoms with E-state index in [0.717, 1.165) is 5.56 Å². The van der Waals surface area contributed by atoms with Crippen molar-refractivity contribution in [2.24, 2.45) is 5.73 Å². The number of carbonyl (C=O) groups is 1. The zero-order valence-electron chi connectivity index (χ0n) is 10.0. The Labute approximate surface area is 95.6 Å². The van der Waals surface area contributed by atoms with Crippen molar-refractivity contribution in [1.82, 2.24) is 9.78 Å². The van der Waals surface area contributed by atoms with Gasteiger partial charge in [0.25, 0.3) is 0 Å². The lowest BCUT2D eigenvalue weighted by atomic mass is 10.1. The second-order valence-corrected chi connectivity index (χ2v) is 4.01. The van der Waals surface area contributed by atoms with Crippen LogP contribution in [0.15, 0.2) is 12.4 Å². The van der Waals surface area contributed by atoms with Crippen molar-refractivity contribution in [2.75, 3.05) is 6.61 Å². The van der Waals surface area contributed by atoms with Crippen LogP contribution in [-0.4, -0.2) is 28.4 Å². The molecule has 0 aliphatic carbocycles. The summed E-state index contributed by atoms with van der Waals surface area (Å²) in [6.45, 7) is 6.64. The Morgan fingerprint density at radius 3 is 2.81 bits per heavy atom. The summed E-state index contributed by atoms with van der Waals surface area (Å²) in [7, 11) is 0. The van der Waals surface area contributed by atoms with Gasteiger partial charge in [0.2, 0.25) is 0 Å². The third kappa shape index (κ3) is 3.34. The summed E-state index contributed by atoms with van der Waals surface area (Å²) in [5, 5.41) is 4.15. The minimum Gasteiger partial charge on any atom is -0.465 e. The number of hydrogen-bond acceptors (Lipinski definition) is 4. The quantitative estimate of drug-likeness (QED) is 0.756. The van der Waals surface area contributed by atoms with Crippen LogP contribution in [0, 0.1) is 0 Å². The van der Waals surface area contributed by atoms with E-state index >= 15 is 0 Å². The molecule has 1 aromatic heterocycles. The van der Waals surface area contributed by atoms with E-state index in [1.807, 2.05) is 6.20 Å². The fraction of sp³-hybridized carbons (Fsp3) is 0.636. The number of nitrogens with two attached hydrogens (primary N) is 1. The molecule has 0 aliphatic rings. The van der Waals surface area contributed by atoms with Gasteiger partial charge in [-0.1, -0.05) is 13.8 Å². The molecule has 2 N–H and O–H groups in total. The maximum atomic E-state index is 11.3. The number of carbonyl (C=O) groups excluding carboxylic acids is 1. The maximum absolute atomic E-state index is 11.3. The molecule has 0 fully saturated rings. The average molecular weight is 225 g/mol. The summed E-state index contributed by atoms with van der Waals surface area (Å²) >= 11 is 0. The Balaban J connectivity index is 2.55. The minimum atomic E-state index is -0.653. The molecule has 1 aromatic rings. The fourth-order valence-electron chi connectivity index (χ4n) is 1.30. The number of nitrogens with zero attached hydrogens (tertiary/aromatic N) is 2. The van der Waals surface area contributed by atoms with Crippen molar-refractivity contribution in [3.63, 3.8) is 0 Å². The largest absolute Gasteiger partial charge is 0.465 e. The Bertz CT molecular complexity index is 347. The first kappa shape index (κ1) is 12.7.